The Kier molecular flexibility index (Phi) is 15.6. The molecule has 2 atom stereocenters. The third-order valence-electron chi connectivity index (χ3n) is 12.7. The van der Waals surface area contributed by atoms with Gasteiger partial charge in [0.2, 0.25) is 30.0 Å². The Balaban J connectivity index is 0.908. The molecule has 1 aromatic carbocycles. The molecule has 3 fully saturated rings. The van der Waals surface area contributed by atoms with Gasteiger partial charge in [0.25, 0.3) is 0 Å². The van der Waals surface area contributed by atoms with E-state index < -0.39 is 52.8 Å². The summed E-state index contributed by atoms with van der Waals surface area (Å²) in [5, 5.41) is 14.0. The normalized spacial score (nSPS) is 22.1. The highest BCUT2D eigenvalue weighted by Crippen LogP contribution is 2.36. The molecule has 6 rings (SSSR count). The van der Waals surface area contributed by atoms with Gasteiger partial charge in [-0.05, 0) is 107 Å². The average Bonchev–Trinajstić information content (AvgIpc) is 3.31. The van der Waals surface area contributed by atoms with Gasteiger partial charge in [0.05, 0.1) is 40.7 Å². The van der Waals surface area contributed by atoms with Crippen LogP contribution < -0.4 is 20.4 Å². The van der Waals surface area contributed by atoms with Crippen LogP contribution in [-0.2, 0) is 30.1 Å². The third kappa shape index (κ3) is 12.0. The fourth-order valence-electron chi connectivity index (χ4n) is 8.84. The van der Waals surface area contributed by atoms with Crippen LogP contribution in [0.5, 0.6) is 0 Å². The number of alkyl halides is 3. The molecule has 2 unspecified atom stereocenters. The summed E-state index contributed by atoms with van der Waals surface area (Å²) in [4.78, 5) is 76.0. The fraction of sp³-hybridized carbons (Fsp3) is 0.533. The molecule has 0 spiro atoms. The average molecular weight is 878 g/mol. The van der Waals surface area contributed by atoms with Gasteiger partial charge in [-0.2, -0.15) is 18.4 Å². The van der Waals surface area contributed by atoms with Crippen LogP contribution in [0.2, 0.25) is 0 Å². The highest BCUT2D eigenvalue weighted by Gasteiger charge is 2.36. The van der Waals surface area contributed by atoms with Gasteiger partial charge >= 0.3 is 6.18 Å². The minimum Gasteiger partial charge on any atom is -0.371 e. The van der Waals surface area contributed by atoms with E-state index in [4.69, 9.17) is 5.26 Å². The van der Waals surface area contributed by atoms with E-state index in [0.29, 0.717) is 62.1 Å². The quantitative estimate of drug-likeness (QED) is 0.146. The molecule has 4 aliphatic heterocycles. The highest BCUT2D eigenvalue weighted by atomic mass is 19.4. The minimum absolute atomic E-state index is 0.0437. The number of benzene rings is 1. The lowest BCUT2D eigenvalue weighted by Gasteiger charge is -2.38. The second kappa shape index (κ2) is 21.0. The Hall–Kier alpha value is -5.83. The van der Waals surface area contributed by atoms with E-state index in [-0.39, 0.29) is 37.5 Å². The topological polar surface area (TPSA) is 162 Å². The number of aromatic nitrogens is 1. The lowest BCUT2D eigenvalue weighted by molar-refractivity contribution is -0.149. The van der Waals surface area contributed by atoms with Crippen LogP contribution >= 0.6 is 0 Å². The summed E-state index contributed by atoms with van der Waals surface area (Å²) in [6.45, 7) is 9.31. The predicted molar refractivity (Wildman–Crippen MR) is 227 cm³/mol. The molecule has 0 bridgehead atoms. The summed E-state index contributed by atoms with van der Waals surface area (Å²) in [6, 6.07) is 8.43. The molecule has 63 heavy (non-hydrogen) atoms. The summed E-state index contributed by atoms with van der Waals surface area (Å²) >= 11 is 0. The van der Waals surface area contributed by atoms with Crippen molar-refractivity contribution in [3.63, 3.8) is 0 Å². The van der Waals surface area contributed by atoms with Crippen molar-refractivity contribution < 1.29 is 41.5 Å². The fourth-order valence-corrected chi connectivity index (χ4v) is 8.84. The first-order valence-corrected chi connectivity index (χ1v) is 21.7. The molecule has 0 radical (unpaired) electrons. The van der Waals surface area contributed by atoms with Crippen LogP contribution in [0.15, 0.2) is 60.2 Å². The Morgan fingerprint density at radius 2 is 1.62 bits per heavy atom. The van der Waals surface area contributed by atoms with Crippen LogP contribution in [0.4, 0.5) is 34.8 Å². The monoisotopic (exact) mass is 877 g/mol. The first kappa shape index (κ1) is 46.7. The van der Waals surface area contributed by atoms with E-state index in [1.54, 1.807) is 43.2 Å². The molecule has 5 amide bonds. The lowest BCUT2D eigenvalue weighted by atomic mass is 9.93. The number of piperazine rings is 1. The number of nitrogens with one attached hydrogen (secondary N) is 2. The second-order valence-electron chi connectivity index (χ2n) is 16.8. The maximum absolute atomic E-state index is 15.7. The van der Waals surface area contributed by atoms with E-state index >= 15 is 4.39 Å². The first-order chi connectivity index (χ1) is 30.1. The van der Waals surface area contributed by atoms with Crippen LogP contribution in [0.25, 0.3) is 0 Å². The molecule has 5 heterocycles. The number of carbonyl (C=O) groups excluding carboxylic acids is 5. The number of anilines is 3. The number of allylic oxidation sites excluding steroid dienone is 1. The molecule has 2 N–H and O–H groups in total. The number of hydrogen-bond donors (Lipinski definition) is 2. The molecular weight excluding hydrogens is 823 g/mol. The molecule has 338 valence electrons. The van der Waals surface area contributed by atoms with Crippen molar-refractivity contribution in [1.82, 2.24) is 25.0 Å². The number of carbonyl (C=O) groups is 5. The summed E-state index contributed by atoms with van der Waals surface area (Å²) in [5.41, 5.74) is 0.280. The van der Waals surface area contributed by atoms with Gasteiger partial charge in [-0.1, -0.05) is 0 Å². The zero-order valence-corrected chi connectivity index (χ0v) is 35.7. The molecule has 4 aliphatic rings. The van der Waals surface area contributed by atoms with Gasteiger partial charge in [-0.3, -0.25) is 39.1 Å². The number of rotatable bonds is 13. The Bertz CT molecular complexity index is 2080. The minimum atomic E-state index is -4.64. The number of pyridine rings is 1. The Morgan fingerprint density at radius 3 is 2.25 bits per heavy atom. The summed E-state index contributed by atoms with van der Waals surface area (Å²) in [5.74, 6) is -2.44. The second-order valence-corrected chi connectivity index (χ2v) is 16.8. The molecule has 1 aromatic heterocycles. The van der Waals surface area contributed by atoms with E-state index in [9.17, 15) is 37.1 Å². The molecule has 0 aliphatic carbocycles. The molecular formula is C45H55F4N9O5. The Labute approximate surface area is 364 Å². The van der Waals surface area contributed by atoms with Crippen molar-refractivity contribution in [2.24, 2.45) is 17.8 Å². The number of piperidine rings is 2. The summed E-state index contributed by atoms with van der Waals surface area (Å²) < 4.78 is 56.1. The maximum atomic E-state index is 15.7. The molecule has 3 saturated heterocycles. The van der Waals surface area contributed by atoms with Gasteiger partial charge in [0.15, 0.2) is 0 Å². The largest absolute Gasteiger partial charge is 0.417 e. The van der Waals surface area contributed by atoms with Crippen LogP contribution in [0.1, 0.15) is 76.3 Å². The van der Waals surface area contributed by atoms with Crippen molar-refractivity contribution in [1.29, 1.82) is 5.26 Å². The molecule has 0 saturated carbocycles. The van der Waals surface area contributed by atoms with Gasteiger partial charge in [0, 0.05) is 82.8 Å². The van der Waals surface area contributed by atoms with Crippen molar-refractivity contribution in [2.45, 2.75) is 77.4 Å². The van der Waals surface area contributed by atoms with Crippen molar-refractivity contribution in [3.8, 4) is 6.07 Å². The van der Waals surface area contributed by atoms with E-state index in [2.05, 4.69) is 25.4 Å². The zero-order valence-electron chi connectivity index (χ0n) is 35.7. The standard InChI is InChI=1S/C45H55F4N9O5/c1-30-25-38(46)39(7-10-42(61)58(44(30)63)31(2)3-9-41(60)52-29-59)57-23-21-54(22-24-57)16-11-32-12-17-56(18-13-32)36-6-8-40(51-28-36)53-43(62)33-14-19-55(20-15-33)35-5-4-34(27-50)37(26-35)45(47,48)49/h4-8,25-26,28-33H,3,9-24H2,1-2H3,(H,51,53,62)(H,52,59,60)/b38-25+,39-7+. The van der Waals surface area contributed by atoms with Crippen LogP contribution in [0.3, 0.4) is 0 Å². The van der Waals surface area contributed by atoms with E-state index in [1.807, 2.05) is 11.0 Å². The molecule has 18 heteroatoms. The smallest absolute Gasteiger partial charge is 0.371 e. The van der Waals surface area contributed by atoms with Crippen molar-refractivity contribution >= 4 is 47.2 Å². The van der Waals surface area contributed by atoms with Gasteiger partial charge in [-0.15, -0.1) is 0 Å². The maximum Gasteiger partial charge on any atom is 0.417 e. The number of nitriles is 1. The first-order valence-electron chi connectivity index (χ1n) is 21.7. The van der Waals surface area contributed by atoms with Gasteiger partial charge in [0.1, 0.15) is 11.6 Å². The number of amides is 5. The number of nitrogens with zero attached hydrogens (tertiary/aromatic N) is 7. The highest BCUT2D eigenvalue weighted by molar-refractivity contribution is 5.98. The van der Waals surface area contributed by atoms with E-state index in [1.165, 1.54) is 18.2 Å². The Morgan fingerprint density at radius 1 is 0.952 bits per heavy atom. The number of hydrogen-bond acceptors (Lipinski definition) is 11. The lowest BCUT2D eigenvalue weighted by Crippen LogP contribution is -2.46. The number of halogens is 4. The van der Waals surface area contributed by atoms with E-state index in [0.717, 1.165) is 68.6 Å². The molecule has 14 nitrogen and oxygen atoms in total. The number of imide groups is 2. The summed E-state index contributed by atoms with van der Waals surface area (Å²) in [6.07, 6.45) is 4.20. The van der Waals surface area contributed by atoms with Crippen LogP contribution in [-0.4, -0.2) is 115 Å². The van der Waals surface area contributed by atoms with Crippen molar-refractivity contribution in [2.75, 3.05) is 74.0 Å². The summed E-state index contributed by atoms with van der Waals surface area (Å²) in [7, 11) is 0. The zero-order chi connectivity index (χ0) is 45.3. The van der Waals surface area contributed by atoms with Gasteiger partial charge < -0.3 is 20.0 Å². The predicted octanol–water partition coefficient (Wildman–Crippen LogP) is 5.62. The third-order valence-corrected chi connectivity index (χ3v) is 12.7. The van der Waals surface area contributed by atoms with Crippen LogP contribution in [0, 0.1) is 29.1 Å². The SMILES string of the molecule is CC1/C=C(F)\C(N2CCN(CCC3CCN(c4ccc(NC(=O)C5CCN(c6ccc(C#N)c(C(F)(F)F)c6)CC5)nc4)CC3)CC2)=C/CC(=O)N(C(C)CCC(=O)NC=O)C1=O. The van der Waals surface area contributed by atoms with Crippen molar-refractivity contribution in [3.05, 3.63) is 71.3 Å². The molecule has 2 aromatic rings. The van der Waals surface area contributed by atoms with Gasteiger partial charge in [-0.25, -0.2) is 9.37 Å².